The van der Waals surface area contributed by atoms with Crippen molar-refractivity contribution in [2.24, 2.45) is 5.92 Å². The van der Waals surface area contributed by atoms with Crippen LogP contribution in [0.5, 0.6) is 0 Å². The van der Waals surface area contributed by atoms with Crippen molar-refractivity contribution in [2.75, 3.05) is 27.2 Å². The quantitative estimate of drug-likeness (QED) is 0.673. The molecule has 0 rings (SSSR count). The monoisotopic (exact) mass is 252 g/mol. The van der Waals surface area contributed by atoms with E-state index < -0.39 is 18.1 Å². The number of nitrogens with zero attached hydrogens (tertiary/aromatic N) is 2. The molecule has 0 saturated heterocycles. The van der Waals surface area contributed by atoms with Crippen LogP contribution in [0.1, 0.15) is 12.8 Å². The second-order valence-electron chi connectivity index (χ2n) is 3.67. The maximum atomic E-state index is 12.3. The highest BCUT2D eigenvalue weighted by Crippen LogP contribution is 2.26. The van der Waals surface area contributed by atoms with Crippen LogP contribution in [0.4, 0.5) is 13.2 Å². The first-order valence-electron chi connectivity index (χ1n) is 5.03. The molecule has 17 heavy (non-hydrogen) atoms. The van der Waals surface area contributed by atoms with Gasteiger partial charge in [-0.2, -0.15) is 18.4 Å². The Labute approximate surface area is 97.9 Å². The van der Waals surface area contributed by atoms with Crippen molar-refractivity contribution in [3.63, 3.8) is 0 Å². The Kier molecular flexibility index (Phi) is 6.58. The van der Waals surface area contributed by atoms with E-state index in [-0.39, 0.29) is 13.0 Å². The van der Waals surface area contributed by atoms with E-state index in [1.807, 2.05) is 0 Å². The Balaban J connectivity index is 3.97. The molecule has 1 unspecified atom stereocenters. The van der Waals surface area contributed by atoms with Crippen molar-refractivity contribution in [3.8, 4) is 6.07 Å². The minimum atomic E-state index is -4.51. The summed E-state index contributed by atoms with van der Waals surface area (Å²) in [5.74, 6) is -2.39. The van der Waals surface area contributed by atoms with Crippen LogP contribution < -0.4 is 0 Å². The molecule has 98 valence electrons. The van der Waals surface area contributed by atoms with E-state index in [0.717, 1.165) is 0 Å². The zero-order valence-corrected chi connectivity index (χ0v) is 9.75. The van der Waals surface area contributed by atoms with E-state index in [1.165, 1.54) is 25.1 Å². The molecule has 7 heteroatoms. The van der Waals surface area contributed by atoms with Crippen molar-refractivity contribution < 1.29 is 22.7 Å². The molecule has 0 spiro atoms. The number of carbonyl (C=O) groups excluding carboxylic acids is 1. The van der Waals surface area contributed by atoms with Gasteiger partial charge in [-0.05, 0) is 20.0 Å². The molecule has 0 aliphatic heterocycles. The highest BCUT2D eigenvalue weighted by molar-refractivity contribution is 5.69. The maximum absolute atomic E-state index is 12.3. The highest BCUT2D eigenvalue weighted by Gasteiger charge is 2.40. The van der Waals surface area contributed by atoms with E-state index in [9.17, 15) is 18.0 Å². The van der Waals surface area contributed by atoms with E-state index in [0.29, 0.717) is 13.0 Å². The number of ether oxygens (including phenoxy) is 1. The molecule has 0 saturated carbocycles. The largest absolute Gasteiger partial charge is 0.469 e. The Bertz CT molecular complexity index is 286. The molecule has 4 nitrogen and oxygen atoms in total. The molecule has 0 aromatic rings. The number of hydrogen-bond donors (Lipinski definition) is 0. The number of hydrogen-bond acceptors (Lipinski definition) is 4. The molecular weight excluding hydrogens is 237 g/mol. The molecule has 0 aromatic carbocycles. The van der Waals surface area contributed by atoms with Gasteiger partial charge >= 0.3 is 12.1 Å². The Morgan fingerprint density at radius 3 is 2.53 bits per heavy atom. The van der Waals surface area contributed by atoms with Gasteiger partial charge < -0.3 is 9.64 Å². The van der Waals surface area contributed by atoms with Crippen LogP contribution in [-0.4, -0.2) is 44.3 Å². The fourth-order valence-corrected chi connectivity index (χ4v) is 1.22. The fourth-order valence-electron chi connectivity index (χ4n) is 1.22. The summed E-state index contributed by atoms with van der Waals surface area (Å²) < 4.78 is 41.2. The Morgan fingerprint density at radius 2 is 2.12 bits per heavy atom. The standard InChI is InChI=1S/C10H15F3N2O2/c1-15(5-3-4-9(16)17-2)7-8(6-14)10(11,12)13/h8H,3-5,7H2,1-2H3. The SMILES string of the molecule is COC(=O)CCCN(C)CC(C#N)C(F)(F)F. The van der Waals surface area contributed by atoms with Crippen LogP contribution in [0, 0.1) is 17.2 Å². The lowest BCUT2D eigenvalue weighted by molar-refractivity contribution is -0.162. The number of esters is 1. The molecule has 0 amide bonds. The van der Waals surface area contributed by atoms with Gasteiger partial charge in [-0.3, -0.25) is 4.79 Å². The molecule has 1 atom stereocenters. The van der Waals surface area contributed by atoms with E-state index in [4.69, 9.17) is 5.26 Å². The topological polar surface area (TPSA) is 53.3 Å². The predicted octanol–water partition coefficient (Wildman–Crippen LogP) is 1.57. The Morgan fingerprint density at radius 1 is 1.53 bits per heavy atom. The summed E-state index contributed by atoms with van der Waals surface area (Å²) in [7, 11) is 2.73. The second-order valence-corrected chi connectivity index (χ2v) is 3.67. The fraction of sp³-hybridized carbons (Fsp3) is 0.800. The third-order valence-corrected chi connectivity index (χ3v) is 2.19. The average Bonchev–Trinajstić information content (AvgIpc) is 2.23. The van der Waals surface area contributed by atoms with Crippen LogP contribution >= 0.6 is 0 Å². The van der Waals surface area contributed by atoms with Crippen LogP contribution in [0.15, 0.2) is 0 Å². The Hall–Kier alpha value is -1.29. The van der Waals surface area contributed by atoms with Crippen LogP contribution in [0.25, 0.3) is 0 Å². The van der Waals surface area contributed by atoms with Crippen LogP contribution in [0.3, 0.4) is 0 Å². The van der Waals surface area contributed by atoms with Crippen LogP contribution in [0.2, 0.25) is 0 Å². The smallest absolute Gasteiger partial charge is 0.405 e. The van der Waals surface area contributed by atoms with E-state index in [2.05, 4.69) is 4.74 Å². The van der Waals surface area contributed by atoms with Gasteiger partial charge in [0.15, 0.2) is 5.92 Å². The summed E-state index contributed by atoms with van der Waals surface area (Å²) in [5, 5.41) is 8.39. The van der Waals surface area contributed by atoms with Gasteiger partial charge in [0, 0.05) is 13.0 Å². The summed E-state index contributed by atoms with van der Waals surface area (Å²) in [6.07, 6.45) is -3.95. The second kappa shape index (κ2) is 7.12. The first-order chi connectivity index (χ1) is 7.81. The van der Waals surface area contributed by atoms with E-state index in [1.54, 1.807) is 0 Å². The van der Waals surface area contributed by atoms with Crippen molar-refractivity contribution >= 4 is 5.97 Å². The molecule has 0 heterocycles. The number of rotatable bonds is 6. The van der Waals surface area contributed by atoms with Gasteiger partial charge in [0.25, 0.3) is 0 Å². The summed E-state index contributed by atoms with van der Waals surface area (Å²) in [5.41, 5.74) is 0. The van der Waals surface area contributed by atoms with Crippen molar-refractivity contribution in [3.05, 3.63) is 0 Å². The minimum Gasteiger partial charge on any atom is -0.469 e. The predicted molar refractivity (Wildman–Crippen MR) is 53.9 cm³/mol. The van der Waals surface area contributed by atoms with Crippen molar-refractivity contribution in [2.45, 2.75) is 19.0 Å². The summed E-state index contributed by atoms with van der Waals surface area (Å²) in [6, 6.07) is 1.22. The lowest BCUT2D eigenvalue weighted by atomic mass is 10.1. The third-order valence-electron chi connectivity index (χ3n) is 2.19. The number of nitriles is 1. The molecule has 0 radical (unpaired) electrons. The van der Waals surface area contributed by atoms with E-state index >= 15 is 0 Å². The minimum absolute atomic E-state index is 0.157. The molecule has 0 aromatic heterocycles. The summed E-state index contributed by atoms with van der Waals surface area (Å²) in [6.45, 7) is -0.0788. The zero-order valence-electron chi connectivity index (χ0n) is 9.75. The van der Waals surface area contributed by atoms with Gasteiger partial charge in [-0.25, -0.2) is 0 Å². The maximum Gasteiger partial charge on any atom is 0.405 e. The van der Waals surface area contributed by atoms with Gasteiger partial charge in [0.2, 0.25) is 0 Å². The number of alkyl halides is 3. The molecule has 0 bridgehead atoms. The third kappa shape index (κ3) is 6.79. The molecule has 0 aliphatic carbocycles. The van der Waals surface area contributed by atoms with Gasteiger partial charge in [-0.1, -0.05) is 0 Å². The number of carbonyl (C=O) groups is 1. The normalized spacial score (nSPS) is 13.2. The van der Waals surface area contributed by atoms with Crippen molar-refractivity contribution in [1.82, 2.24) is 4.90 Å². The molecule has 0 aliphatic rings. The van der Waals surface area contributed by atoms with Crippen molar-refractivity contribution in [1.29, 1.82) is 5.26 Å². The molecule has 0 N–H and O–H groups in total. The molecule has 0 fully saturated rings. The first-order valence-corrected chi connectivity index (χ1v) is 5.03. The lowest BCUT2D eigenvalue weighted by Crippen LogP contribution is -2.34. The van der Waals surface area contributed by atoms with Gasteiger partial charge in [0.05, 0.1) is 13.2 Å². The number of halogens is 3. The van der Waals surface area contributed by atoms with Gasteiger partial charge in [-0.15, -0.1) is 0 Å². The van der Waals surface area contributed by atoms with Gasteiger partial charge in [0.1, 0.15) is 0 Å². The lowest BCUT2D eigenvalue weighted by Gasteiger charge is -2.21. The highest BCUT2D eigenvalue weighted by atomic mass is 19.4. The van der Waals surface area contributed by atoms with Crippen LogP contribution in [-0.2, 0) is 9.53 Å². The summed E-state index contributed by atoms with van der Waals surface area (Å²) >= 11 is 0. The first kappa shape index (κ1) is 15.7. The average molecular weight is 252 g/mol. The molecular formula is C10H15F3N2O2. The number of methoxy groups -OCH3 is 1. The summed E-state index contributed by atoms with van der Waals surface area (Å²) in [4.78, 5) is 12.1. The zero-order chi connectivity index (χ0) is 13.5.